The summed E-state index contributed by atoms with van der Waals surface area (Å²) < 4.78 is 33.1. The number of aryl methyl sites for hydroxylation is 1. The van der Waals surface area contributed by atoms with Gasteiger partial charge in [0, 0.05) is 6.04 Å². The number of hydrogen-bond acceptors (Lipinski definition) is 2. The van der Waals surface area contributed by atoms with E-state index in [2.05, 4.69) is 5.32 Å². The topological polar surface area (TPSA) is 21.3 Å². The van der Waals surface area contributed by atoms with Crippen LogP contribution in [-0.4, -0.2) is 19.7 Å². The first-order valence-corrected chi connectivity index (χ1v) is 5.79. The highest BCUT2D eigenvalue weighted by Gasteiger charge is 2.36. The summed E-state index contributed by atoms with van der Waals surface area (Å²) in [5, 5.41) is 2.86. The Kier molecular flexibility index (Phi) is 3.33. The predicted molar refractivity (Wildman–Crippen MR) is 62.6 cm³/mol. The lowest BCUT2D eigenvalue weighted by Crippen LogP contribution is -2.32. The lowest BCUT2D eigenvalue weighted by atomic mass is 10.0. The molecule has 1 aromatic carbocycles. The van der Waals surface area contributed by atoms with Gasteiger partial charge in [-0.2, -0.15) is 8.78 Å². The van der Waals surface area contributed by atoms with Gasteiger partial charge in [0.1, 0.15) is 5.75 Å². The van der Waals surface area contributed by atoms with Crippen molar-refractivity contribution in [2.75, 3.05) is 13.7 Å². The molecule has 0 saturated heterocycles. The lowest BCUT2D eigenvalue weighted by molar-refractivity contribution is -0.00567. The molecule has 1 aliphatic carbocycles. The minimum absolute atomic E-state index is 0.0341. The highest BCUT2D eigenvalue weighted by Crippen LogP contribution is 2.35. The quantitative estimate of drug-likeness (QED) is 0.856. The first-order valence-electron chi connectivity index (χ1n) is 5.79. The number of alkyl halides is 2. The Morgan fingerprint density at radius 3 is 2.71 bits per heavy atom. The van der Waals surface area contributed by atoms with E-state index in [4.69, 9.17) is 4.74 Å². The molecule has 2 nitrogen and oxygen atoms in total. The first kappa shape index (κ1) is 12.3. The summed E-state index contributed by atoms with van der Waals surface area (Å²) >= 11 is 0. The molecule has 0 aliphatic heterocycles. The van der Waals surface area contributed by atoms with Gasteiger partial charge in [-0.15, -0.1) is 0 Å². The fraction of sp³-hybridized carbons (Fsp3) is 0.538. The number of hydrogen-bond donors (Lipinski definition) is 1. The van der Waals surface area contributed by atoms with Crippen molar-refractivity contribution >= 4 is 0 Å². The molecule has 17 heavy (non-hydrogen) atoms. The number of rotatable bonds is 5. The number of ether oxygens (including phenoxy) is 1. The molecule has 1 fully saturated rings. The monoisotopic (exact) mass is 241 g/mol. The van der Waals surface area contributed by atoms with Crippen LogP contribution in [0.15, 0.2) is 18.2 Å². The van der Waals surface area contributed by atoms with E-state index in [9.17, 15) is 8.78 Å². The van der Waals surface area contributed by atoms with Gasteiger partial charge in [-0.3, -0.25) is 0 Å². The SMILES string of the molecule is COc1ccc(C)cc1C(F)(F)CNC1CC1. The van der Waals surface area contributed by atoms with E-state index in [1.807, 2.05) is 0 Å². The third kappa shape index (κ3) is 2.94. The molecule has 0 aromatic heterocycles. The Morgan fingerprint density at radius 1 is 1.41 bits per heavy atom. The van der Waals surface area contributed by atoms with Gasteiger partial charge in [0.2, 0.25) is 0 Å². The molecule has 0 unspecified atom stereocenters. The Labute approximate surface area is 100.0 Å². The van der Waals surface area contributed by atoms with Crippen LogP contribution in [0.1, 0.15) is 24.0 Å². The van der Waals surface area contributed by atoms with Crippen molar-refractivity contribution in [3.63, 3.8) is 0 Å². The van der Waals surface area contributed by atoms with Crippen molar-refractivity contribution in [2.24, 2.45) is 0 Å². The van der Waals surface area contributed by atoms with Gasteiger partial charge in [-0.1, -0.05) is 11.6 Å². The molecule has 1 aromatic rings. The van der Waals surface area contributed by atoms with Crippen LogP contribution in [-0.2, 0) is 5.92 Å². The second kappa shape index (κ2) is 4.61. The van der Waals surface area contributed by atoms with Crippen molar-refractivity contribution in [3.05, 3.63) is 29.3 Å². The molecule has 4 heteroatoms. The molecule has 94 valence electrons. The molecule has 0 atom stereocenters. The van der Waals surface area contributed by atoms with Crippen molar-refractivity contribution in [1.29, 1.82) is 0 Å². The third-order valence-electron chi connectivity index (χ3n) is 2.94. The van der Waals surface area contributed by atoms with Gasteiger partial charge in [-0.25, -0.2) is 0 Å². The highest BCUT2D eigenvalue weighted by atomic mass is 19.3. The third-order valence-corrected chi connectivity index (χ3v) is 2.94. The second-order valence-electron chi connectivity index (χ2n) is 4.56. The van der Waals surface area contributed by atoms with E-state index in [1.165, 1.54) is 13.2 Å². The molecule has 0 bridgehead atoms. The van der Waals surface area contributed by atoms with Crippen molar-refractivity contribution in [2.45, 2.75) is 31.7 Å². The zero-order chi connectivity index (χ0) is 12.5. The van der Waals surface area contributed by atoms with Crippen LogP contribution < -0.4 is 10.1 Å². The van der Waals surface area contributed by atoms with E-state index in [0.29, 0.717) is 0 Å². The summed E-state index contributed by atoms with van der Waals surface area (Å²) in [6, 6.07) is 5.13. The summed E-state index contributed by atoms with van der Waals surface area (Å²) in [4.78, 5) is 0. The summed E-state index contributed by atoms with van der Waals surface area (Å²) in [7, 11) is 1.42. The second-order valence-corrected chi connectivity index (χ2v) is 4.56. The lowest BCUT2D eigenvalue weighted by Gasteiger charge is -2.20. The zero-order valence-corrected chi connectivity index (χ0v) is 10.1. The Balaban J connectivity index is 2.19. The largest absolute Gasteiger partial charge is 0.496 e. The van der Waals surface area contributed by atoms with Crippen molar-refractivity contribution in [3.8, 4) is 5.75 Å². The van der Waals surface area contributed by atoms with E-state index in [-0.39, 0.29) is 23.9 Å². The summed E-state index contributed by atoms with van der Waals surface area (Å²) in [6.07, 6.45) is 2.00. The Morgan fingerprint density at radius 2 is 2.12 bits per heavy atom. The van der Waals surface area contributed by atoms with Gasteiger partial charge in [0.25, 0.3) is 5.92 Å². The van der Waals surface area contributed by atoms with Crippen molar-refractivity contribution in [1.82, 2.24) is 5.32 Å². The van der Waals surface area contributed by atoms with Crippen LogP contribution in [0.5, 0.6) is 5.75 Å². The van der Waals surface area contributed by atoms with Crippen LogP contribution in [0.4, 0.5) is 8.78 Å². The van der Waals surface area contributed by atoms with Gasteiger partial charge in [0.15, 0.2) is 0 Å². The highest BCUT2D eigenvalue weighted by molar-refractivity contribution is 5.40. The average Bonchev–Trinajstić information content (AvgIpc) is 3.10. The Bertz CT molecular complexity index is 402. The molecule has 2 rings (SSSR count). The first-order chi connectivity index (χ1) is 8.03. The van der Waals surface area contributed by atoms with Crippen molar-refractivity contribution < 1.29 is 13.5 Å². The number of halogens is 2. The maximum atomic E-state index is 14.0. The standard InChI is InChI=1S/C13H17F2NO/c1-9-3-6-12(17-2)11(7-9)13(14,15)8-16-10-4-5-10/h3,6-7,10,16H,4-5,8H2,1-2H3. The number of nitrogens with one attached hydrogen (secondary N) is 1. The summed E-state index contributed by atoms with van der Waals surface area (Å²) in [6.45, 7) is 1.48. The maximum Gasteiger partial charge on any atom is 0.288 e. The van der Waals surface area contributed by atoms with E-state index in [0.717, 1.165) is 18.4 Å². The smallest absolute Gasteiger partial charge is 0.288 e. The molecule has 1 aliphatic rings. The minimum Gasteiger partial charge on any atom is -0.496 e. The molecular weight excluding hydrogens is 224 g/mol. The fourth-order valence-electron chi connectivity index (χ4n) is 1.76. The molecule has 0 amide bonds. The number of benzene rings is 1. The fourth-order valence-corrected chi connectivity index (χ4v) is 1.76. The van der Waals surface area contributed by atoms with Gasteiger partial charge < -0.3 is 10.1 Å². The van der Waals surface area contributed by atoms with Gasteiger partial charge >= 0.3 is 0 Å². The Hall–Kier alpha value is -1.16. The maximum absolute atomic E-state index is 14.0. The predicted octanol–water partition coefficient (Wildman–Crippen LogP) is 2.85. The van der Waals surface area contributed by atoms with Crippen LogP contribution in [0.25, 0.3) is 0 Å². The van der Waals surface area contributed by atoms with Crippen LogP contribution in [0, 0.1) is 6.92 Å². The molecule has 0 heterocycles. The van der Waals surface area contributed by atoms with E-state index in [1.54, 1.807) is 19.1 Å². The molecule has 1 N–H and O–H groups in total. The molecule has 0 radical (unpaired) electrons. The minimum atomic E-state index is -2.89. The molecule has 1 saturated carbocycles. The van der Waals surface area contributed by atoms with E-state index >= 15 is 0 Å². The van der Waals surface area contributed by atoms with Crippen LogP contribution in [0.3, 0.4) is 0 Å². The molecule has 0 spiro atoms. The van der Waals surface area contributed by atoms with E-state index < -0.39 is 5.92 Å². The van der Waals surface area contributed by atoms with Gasteiger partial charge in [-0.05, 0) is 31.9 Å². The molecular formula is C13H17F2NO. The summed E-state index contributed by atoms with van der Waals surface area (Å²) in [5.41, 5.74) is 0.778. The normalized spacial score (nSPS) is 16.0. The van der Waals surface area contributed by atoms with Crippen LogP contribution >= 0.6 is 0 Å². The average molecular weight is 241 g/mol. The van der Waals surface area contributed by atoms with Crippen LogP contribution in [0.2, 0.25) is 0 Å². The number of methoxy groups -OCH3 is 1. The van der Waals surface area contributed by atoms with Gasteiger partial charge in [0.05, 0.1) is 19.2 Å². The zero-order valence-electron chi connectivity index (χ0n) is 10.1. The summed E-state index contributed by atoms with van der Waals surface area (Å²) in [5.74, 6) is -2.64.